The minimum absolute atomic E-state index is 0.0724. The van der Waals surface area contributed by atoms with Crippen molar-refractivity contribution in [2.24, 2.45) is 5.92 Å². The summed E-state index contributed by atoms with van der Waals surface area (Å²) >= 11 is 1.41. The Hall–Kier alpha value is -2.22. The van der Waals surface area contributed by atoms with Gasteiger partial charge in [0.15, 0.2) is 0 Å². The molecule has 2 aromatic rings. The van der Waals surface area contributed by atoms with Crippen molar-refractivity contribution < 1.29 is 14.3 Å². The number of nitrogens with one attached hydrogen (secondary N) is 1. The Morgan fingerprint density at radius 3 is 2.35 bits per heavy atom. The molecule has 6 nitrogen and oxygen atoms in total. The van der Waals surface area contributed by atoms with Gasteiger partial charge in [0.1, 0.15) is 0 Å². The Kier molecular flexibility index (Phi) is 7.05. The Bertz CT molecular complexity index is 866. The number of hydrogen-bond acceptors (Lipinski definition) is 5. The van der Waals surface area contributed by atoms with Crippen LogP contribution in [0.25, 0.3) is 0 Å². The zero-order chi connectivity index (χ0) is 21.8. The van der Waals surface area contributed by atoms with E-state index in [0.29, 0.717) is 34.3 Å². The predicted octanol–water partition coefficient (Wildman–Crippen LogP) is 3.96. The third kappa shape index (κ3) is 5.73. The van der Waals surface area contributed by atoms with E-state index in [-0.39, 0.29) is 11.8 Å². The highest BCUT2D eigenvalue weighted by molar-refractivity contribution is 7.12. The molecule has 1 aromatic carbocycles. The van der Waals surface area contributed by atoms with Crippen molar-refractivity contribution in [2.75, 3.05) is 38.0 Å². The molecule has 0 aliphatic carbocycles. The molecule has 4 rings (SSSR count). The van der Waals surface area contributed by atoms with Crippen molar-refractivity contribution in [3.8, 4) is 0 Å². The minimum atomic E-state index is -0.125. The van der Waals surface area contributed by atoms with Gasteiger partial charge in [-0.15, -0.1) is 11.3 Å². The summed E-state index contributed by atoms with van der Waals surface area (Å²) in [5.41, 5.74) is 1.37. The molecule has 2 amide bonds. The molecule has 2 fully saturated rings. The molecule has 0 radical (unpaired) electrons. The zero-order valence-corrected chi connectivity index (χ0v) is 19.1. The van der Waals surface area contributed by atoms with Crippen LogP contribution in [-0.2, 0) is 4.74 Å². The fourth-order valence-corrected chi connectivity index (χ4v) is 5.22. The molecule has 7 heteroatoms. The van der Waals surface area contributed by atoms with Crippen LogP contribution >= 0.6 is 11.3 Å². The number of rotatable bonds is 5. The van der Waals surface area contributed by atoms with Gasteiger partial charge in [0.05, 0.1) is 17.1 Å². The van der Waals surface area contributed by atoms with E-state index < -0.39 is 0 Å². The fraction of sp³-hybridized carbons (Fsp3) is 0.500. The first-order valence-corrected chi connectivity index (χ1v) is 12.0. The normalized spacial score (nSPS) is 23.0. The Balaban J connectivity index is 1.26. The summed E-state index contributed by atoms with van der Waals surface area (Å²) in [6.07, 6.45) is 2.67. The van der Waals surface area contributed by atoms with Gasteiger partial charge in [-0.2, -0.15) is 0 Å². The lowest BCUT2D eigenvalue weighted by molar-refractivity contribution is -0.0728. The second kappa shape index (κ2) is 9.94. The standard InChI is InChI=1S/C24H31N3O3S/c1-17-14-26(15-18(2)30-17)16-19-9-11-27(12-10-19)24(29)20-5-7-21(8-6-20)25-23(28)22-4-3-13-31-22/h3-8,13,17-19H,9-12,14-16H2,1-2H3,(H,25,28). The maximum atomic E-state index is 12.9. The van der Waals surface area contributed by atoms with E-state index in [1.807, 2.05) is 16.3 Å². The molecule has 166 valence electrons. The molecule has 2 atom stereocenters. The van der Waals surface area contributed by atoms with Crippen LogP contribution in [-0.4, -0.2) is 66.5 Å². The highest BCUT2D eigenvalue weighted by Gasteiger charge is 2.28. The van der Waals surface area contributed by atoms with E-state index in [0.717, 1.165) is 45.6 Å². The minimum Gasteiger partial charge on any atom is -0.373 e. The number of anilines is 1. The third-order valence-electron chi connectivity index (χ3n) is 6.05. The van der Waals surface area contributed by atoms with E-state index in [1.165, 1.54) is 11.3 Å². The van der Waals surface area contributed by atoms with Crippen LogP contribution in [0.2, 0.25) is 0 Å². The molecule has 2 unspecified atom stereocenters. The number of carbonyl (C=O) groups is 2. The van der Waals surface area contributed by atoms with E-state index in [1.54, 1.807) is 30.3 Å². The second-order valence-corrected chi connectivity index (χ2v) is 9.67. The van der Waals surface area contributed by atoms with Gasteiger partial charge in [-0.05, 0) is 68.3 Å². The van der Waals surface area contributed by atoms with Gasteiger partial charge in [0.25, 0.3) is 11.8 Å². The molecule has 0 spiro atoms. The maximum absolute atomic E-state index is 12.9. The number of thiophene rings is 1. The van der Waals surface area contributed by atoms with Gasteiger partial charge in [-0.3, -0.25) is 14.5 Å². The Labute approximate surface area is 188 Å². The number of nitrogens with zero attached hydrogens (tertiary/aromatic N) is 2. The average Bonchev–Trinajstić information content (AvgIpc) is 3.29. The monoisotopic (exact) mass is 441 g/mol. The van der Waals surface area contributed by atoms with E-state index >= 15 is 0 Å². The van der Waals surface area contributed by atoms with Crippen LogP contribution in [0.15, 0.2) is 41.8 Å². The summed E-state index contributed by atoms with van der Waals surface area (Å²) in [6.45, 7) is 8.98. The quantitative estimate of drug-likeness (QED) is 0.763. The van der Waals surface area contributed by atoms with Gasteiger partial charge >= 0.3 is 0 Å². The number of morpholine rings is 1. The Morgan fingerprint density at radius 2 is 1.74 bits per heavy atom. The maximum Gasteiger partial charge on any atom is 0.265 e. The number of benzene rings is 1. The highest BCUT2D eigenvalue weighted by atomic mass is 32.1. The lowest BCUT2D eigenvalue weighted by Crippen LogP contribution is -2.48. The third-order valence-corrected chi connectivity index (χ3v) is 6.92. The number of carbonyl (C=O) groups excluding carboxylic acids is 2. The number of piperidine rings is 1. The first-order chi connectivity index (χ1) is 15.0. The number of ether oxygens (including phenoxy) is 1. The van der Waals surface area contributed by atoms with Gasteiger partial charge in [-0.25, -0.2) is 0 Å². The highest BCUT2D eigenvalue weighted by Crippen LogP contribution is 2.23. The summed E-state index contributed by atoms with van der Waals surface area (Å²) in [5.74, 6) is 0.583. The lowest BCUT2D eigenvalue weighted by atomic mass is 9.95. The van der Waals surface area contributed by atoms with Crippen molar-refractivity contribution >= 4 is 28.8 Å². The van der Waals surface area contributed by atoms with E-state index in [2.05, 4.69) is 24.1 Å². The molecule has 1 aromatic heterocycles. The lowest BCUT2D eigenvalue weighted by Gasteiger charge is -2.39. The summed E-state index contributed by atoms with van der Waals surface area (Å²) in [4.78, 5) is 30.2. The smallest absolute Gasteiger partial charge is 0.265 e. The van der Waals surface area contributed by atoms with Crippen LogP contribution in [0.4, 0.5) is 5.69 Å². The molecular formula is C24H31N3O3S. The molecule has 1 N–H and O–H groups in total. The number of likely N-dealkylation sites (tertiary alicyclic amines) is 1. The first kappa shape index (κ1) is 22.0. The fourth-order valence-electron chi connectivity index (χ4n) is 4.60. The van der Waals surface area contributed by atoms with Crippen LogP contribution in [0.3, 0.4) is 0 Å². The van der Waals surface area contributed by atoms with Gasteiger partial charge in [0, 0.05) is 44.0 Å². The molecule has 3 heterocycles. The number of hydrogen-bond donors (Lipinski definition) is 1. The van der Waals surface area contributed by atoms with E-state index in [4.69, 9.17) is 4.74 Å². The van der Waals surface area contributed by atoms with Crippen LogP contribution in [0.5, 0.6) is 0 Å². The van der Waals surface area contributed by atoms with Crippen molar-refractivity contribution in [1.29, 1.82) is 0 Å². The number of amides is 2. The predicted molar refractivity (Wildman–Crippen MR) is 124 cm³/mol. The van der Waals surface area contributed by atoms with Gasteiger partial charge in [0.2, 0.25) is 0 Å². The van der Waals surface area contributed by atoms with Crippen molar-refractivity contribution in [3.63, 3.8) is 0 Å². The first-order valence-electron chi connectivity index (χ1n) is 11.1. The summed E-state index contributed by atoms with van der Waals surface area (Å²) in [7, 11) is 0. The summed E-state index contributed by atoms with van der Waals surface area (Å²) < 4.78 is 5.83. The van der Waals surface area contributed by atoms with Crippen LogP contribution in [0.1, 0.15) is 46.7 Å². The second-order valence-electron chi connectivity index (χ2n) is 8.72. The van der Waals surface area contributed by atoms with Crippen LogP contribution < -0.4 is 5.32 Å². The van der Waals surface area contributed by atoms with Crippen molar-refractivity contribution in [1.82, 2.24) is 9.80 Å². The van der Waals surface area contributed by atoms with Crippen molar-refractivity contribution in [2.45, 2.75) is 38.9 Å². The largest absolute Gasteiger partial charge is 0.373 e. The van der Waals surface area contributed by atoms with E-state index in [9.17, 15) is 9.59 Å². The van der Waals surface area contributed by atoms with Crippen LogP contribution in [0, 0.1) is 5.92 Å². The molecule has 0 bridgehead atoms. The Morgan fingerprint density at radius 1 is 1.06 bits per heavy atom. The molecule has 2 aliphatic heterocycles. The topological polar surface area (TPSA) is 61.9 Å². The average molecular weight is 442 g/mol. The van der Waals surface area contributed by atoms with Gasteiger partial charge in [-0.1, -0.05) is 6.07 Å². The molecular weight excluding hydrogens is 410 g/mol. The molecule has 2 aliphatic rings. The van der Waals surface area contributed by atoms with Crippen molar-refractivity contribution in [3.05, 3.63) is 52.2 Å². The van der Waals surface area contributed by atoms with Gasteiger partial charge < -0.3 is 15.0 Å². The zero-order valence-electron chi connectivity index (χ0n) is 18.3. The molecule has 31 heavy (non-hydrogen) atoms. The summed E-state index contributed by atoms with van der Waals surface area (Å²) in [5, 5.41) is 4.75. The molecule has 2 saturated heterocycles. The summed E-state index contributed by atoms with van der Waals surface area (Å²) in [6, 6.07) is 10.8. The SMILES string of the molecule is CC1CN(CC2CCN(C(=O)c3ccc(NC(=O)c4cccs4)cc3)CC2)CC(C)O1. The molecule has 0 saturated carbocycles.